The predicted molar refractivity (Wildman–Crippen MR) is 66.2 cm³/mol. The molecule has 2 bridgehead atoms. The summed E-state index contributed by atoms with van der Waals surface area (Å²) in [4.78, 5) is 0. The maximum Gasteiger partial charge on any atom is 0.150 e. The SMILES string of the molecule is CC1(C)C2CCC(C[Si](C)(C)Cl)C1C2. The Kier molecular flexibility index (Phi) is 2.55. The van der Waals surface area contributed by atoms with Gasteiger partial charge in [-0.3, -0.25) is 0 Å². The second kappa shape index (κ2) is 3.25. The number of fused-ring (bicyclic) bond motifs is 2. The van der Waals surface area contributed by atoms with E-state index in [4.69, 9.17) is 11.1 Å². The molecule has 3 unspecified atom stereocenters. The zero-order valence-corrected chi connectivity index (χ0v) is 11.7. The van der Waals surface area contributed by atoms with Gasteiger partial charge >= 0.3 is 0 Å². The van der Waals surface area contributed by atoms with Gasteiger partial charge in [-0.25, -0.2) is 0 Å². The van der Waals surface area contributed by atoms with Crippen LogP contribution >= 0.6 is 11.1 Å². The van der Waals surface area contributed by atoms with E-state index in [1.807, 2.05) is 0 Å². The average Bonchev–Trinajstić information content (AvgIpc) is 2.00. The summed E-state index contributed by atoms with van der Waals surface area (Å²) in [5, 5.41) is 0. The van der Waals surface area contributed by atoms with Crippen molar-refractivity contribution in [3.8, 4) is 0 Å². The minimum Gasteiger partial charge on any atom is -0.168 e. The molecule has 0 aromatic heterocycles. The first kappa shape index (κ1) is 11.0. The van der Waals surface area contributed by atoms with Crippen molar-refractivity contribution < 1.29 is 0 Å². The van der Waals surface area contributed by atoms with E-state index in [1.54, 1.807) is 0 Å². The number of rotatable bonds is 2. The summed E-state index contributed by atoms with van der Waals surface area (Å²) in [6.45, 7) is 9.54. The molecule has 0 radical (unpaired) electrons. The summed E-state index contributed by atoms with van der Waals surface area (Å²) < 4.78 is 0. The normalized spacial score (nSPS) is 40.5. The van der Waals surface area contributed by atoms with Gasteiger partial charge in [-0.15, -0.1) is 0 Å². The molecule has 3 fully saturated rings. The van der Waals surface area contributed by atoms with E-state index in [2.05, 4.69) is 26.9 Å². The fourth-order valence-corrected chi connectivity index (χ4v) is 6.16. The van der Waals surface area contributed by atoms with Crippen LogP contribution in [0.3, 0.4) is 0 Å². The molecule has 14 heavy (non-hydrogen) atoms. The lowest BCUT2D eigenvalue weighted by Crippen LogP contribution is -2.53. The van der Waals surface area contributed by atoms with Crippen molar-refractivity contribution in [2.75, 3.05) is 0 Å². The molecule has 0 aromatic carbocycles. The number of halogens is 1. The third-order valence-electron chi connectivity index (χ3n) is 4.75. The fraction of sp³-hybridized carbons (Fsp3) is 1.00. The van der Waals surface area contributed by atoms with Crippen molar-refractivity contribution in [2.45, 2.75) is 52.2 Å². The molecule has 0 amide bonds. The van der Waals surface area contributed by atoms with E-state index in [0.717, 1.165) is 17.8 Å². The van der Waals surface area contributed by atoms with Crippen molar-refractivity contribution in [3.63, 3.8) is 0 Å². The van der Waals surface area contributed by atoms with E-state index < -0.39 is 7.38 Å². The zero-order valence-electron chi connectivity index (χ0n) is 9.94. The molecule has 0 nitrogen and oxygen atoms in total. The monoisotopic (exact) mass is 230 g/mol. The first-order chi connectivity index (χ1) is 6.31. The smallest absolute Gasteiger partial charge is 0.150 e. The van der Waals surface area contributed by atoms with Crippen molar-refractivity contribution in [3.05, 3.63) is 0 Å². The first-order valence-electron chi connectivity index (χ1n) is 5.99. The maximum absolute atomic E-state index is 6.48. The van der Waals surface area contributed by atoms with Crippen molar-refractivity contribution in [1.29, 1.82) is 0 Å². The highest BCUT2D eigenvalue weighted by atomic mass is 35.6. The fourth-order valence-electron chi connectivity index (χ4n) is 3.83. The van der Waals surface area contributed by atoms with Crippen LogP contribution in [0.1, 0.15) is 33.1 Å². The summed E-state index contributed by atoms with van der Waals surface area (Å²) in [7, 11) is -1.35. The lowest BCUT2D eigenvalue weighted by atomic mass is 9.46. The molecule has 3 saturated carbocycles. The highest BCUT2D eigenvalue weighted by molar-refractivity contribution is 7.19. The Morgan fingerprint density at radius 1 is 1.29 bits per heavy atom. The summed E-state index contributed by atoms with van der Waals surface area (Å²) in [6, 6.07) is 1.34. The molecular weight excluding hydrogens is 208 g/mol. The van der Waals surface area contributed by atoms with Gasteiger partial charge < -0.3 is 0 Å². The molecule has 0 aromatic rings. The Morgan fingerprint density at radius 2 is 1.93 bits per heavy atom. The molecule has 2 heteroatoms. The zero-order chi connectivity index (χ0) is 10.6. The van der Waals surface area contributed by atoms with Gasteiger partial charge in [-0.05, 0) is 42.1 Å². The quantitative estimate of drug-likeness (QED) is 0.484. The van der Waals surface area contributed by atoms with Crippen LogP contribution in [0.4, 0.5) is 0 Å². The van der Waals surface area contributed by atoms with E-state index in [0.29, 0.717) is 5.41 Å². The molecule has 0 spiro atoms. The third-order valence-corrected chi connectivity index (χ3v) is 6.71. The van der Waals surface area contributed by atoms with Gasteiger partial charge in [0.2, 0.25) is 0 Å². The van der Waals surface area contributed by atoms with Crippen molar-refractivity contribution >= 4 is 18.5 Å². The van der Waals surface area contributed by atoms with Crippen LogP contribution < -0.4 is 0 Å². The molecule has 0 heterocycles. The average molecular weight is 231 g/mol. The van der Waals surface area contributed by atoms with Gasteiger partial charge in [-0.2, -0.15) is 11.1 Å². The minimum atomic E-state index is -1.35. The molecule has 0 aliphatic heterocycles. The Labute approximate surface area is 94.1 Å². The second-order valence-electron chi connectivity index (χ2n) is 6.62. The van der Waals surface area contributed by atoms with Crippen molar-refractivity contribution in [1.82, 2.24) is 0 Å². The third kappa shape index (κ3) is 1.78. The molecule has 82 valence electrons. The highest BCUT2D eigenvalue weighted by Gasteiger charge is 2.54. The van der Waals surface area contributed by atoms with Gasteiger partial charge in [0, 0.05) is 0 Å². The second-order valence-corrected chi connectivity index (χ2v) is 13.5. The summed E-state index contributed by atoms with van der Waals surface area (Å²) in [5.74, 6) is 2.98. The number of hydrogen-bond acceptors (Lipinski definition) is 0. The molecule has 3 aliphatic rings. The maximum atomic E-state index is 6.48. The van der Waals surface area contributed by atoms with Crippen LogP contribution in [-0.4, -0.2) is 7.38 Å². The lowest BCUT2D eigenvalue weighted by molar-refractivity contribution is -0.0989. The van der Waals surface area contributed by atoms with Crippen LogP contribution in [0.15, 0.2) is 0 Å². The molecule has 0 saturated heterocycles. The van der Waals surface area contributed by atoms with Gasteiger partial charge in [0.05, 0.1) is 0 Å². The molecular formula is C12H23ClSi. The topological polar surface area (TPSA) is 0 Å². The largest absolute Gasteiger partial charge is 0.168 e. The Bertz CT molecular complexity index is 227. The van der Waals surface area contributed by atoms with E-state index in [-0.39, 0.29) is 0 Å². The van der Waals surface area contributed by atoms with Gasteiger partial charge in [0.1, 0.15) is 0 Å². The van der Waals surface area contributed by atoms with Crippen LogP contribution in [0.2, 0.25) is 19.1 Å². The number of hydrogen-bond donors (Lipinski definition) is 0. The summed E-state index contributed by atoms with van der Waals surface area (Å²) in [6.07, 6.45) is 4.43. The Morgan fingerprint density at radius 3 is 2.36 bits per heavy atom. The van der Waals surface area contributed by atoms with E-state index in [9.17, 15) is 0 Å². The van der Waals surface area contributed by atoms with Crippen LogP contribution in [0.25, 0.3) is 0 Å². The van der Waals surface area contributed by atoms with Crippen LogP contribution in [0.5, 0.6) is 0 Å². The standard InChI is InChI=1S/C12H23ClSi/c1-12(2)10-6-5-9(11(12)7-10)8-14(3,4)13/h9-11H,5-8H2,1-4H3. The van der Waals surface area contributed by atoms with Crippen molar-refractivity contribution in [2.24, 2.45) is 23.2 Å². The van der Waals surface area contributed by atoms with Gasteiger partial charge in [0.15, 0.2) is 7.38 Å². The van der Waals surface area contributed by atoms with Gasteiger partial charge in [0.25, 0.3) is 0 Å². The highest BCUT2D eigenvalue weighted by Crippen LogP contribution is 2.62. The molecule has 3 aliphatic carbocycles. The van der Waals surface area contributed by atoms with Gasteiger partial charge in [-0.1, -0.05) is 33.4 Å². The molecule has 0 N–H and O–H groups in total. The molecule has 3 rings (SSSR count). The predicted octanol–water partition coefficient (Wildman–Crippen LogP) is 4.50. The van der Waals surface area contributed by atoms with Crippen LogP contribution in [-0.2, 0) is 0 Å². The Hall–Kier alpha value is 0.507. The lowest BCUT2D eigenvalue weighted by Gasteiger charge is -2.60. The summed E-state index contributed by atoms with van der Waals surface area (Å²) in [5.41, 5.74) is 0.638. The van der Waals surface area contributed by atoms with Crippen LogP contribution in [0, 0.1) is 23.2 Å². The summed E-state index contributed by atoms with van der Waals surface area (Å²) >= 11 is 6.48. The minimum absolute atomic E-state index is 0.638. The Balaban J connectivity index is 2.01. The molecule has 3 atom stereocenters. The van der Waals surface area contributed by atoms with E-state index >= 15 is 0 Å². The van der Waals surface area contributed by atoms with E-state index in [1.165, 1.54) is 25.3 Å². The first-order valence-corrected chi connectivity index (χ1v) is 10.2.